The molecule has 2 rings (SSSR count). The van der Waals surface area contributed by atoms with Crippen LogP contribution in [0.2, 0.25) is 0 Å². The zero-order chi connectivity index (χ0) is 11.5. The summed E-state index contributed by atoms with van der Waals surface area (Å²) >= 11 is 0. The highest BCUT2D eigenvalue weighted by atomic mass is 16.1. The molecule has 0 aliphatic carbocycles. The fourth-order valence-electron chi connectivity index (χ4n) is 1.59. The van der Waals surface area contributed by atoms with Crippen molar-refractivity contribution in [3.05, 3.63) is 46.9 Å². The van der Waals surface area contributed by atoms with Gasteiger partial charge in [-0.15, -0.1) is 0 Å². The minimum atomic E-state index is -0.0504. The first-order chi connectivity index (χ1) is 7.74. The van der Waals surface area contributed by atoms with Crippen LogP contribution in [0.15, 0.2) is 41.3 Å². The number of anilines is 1. The summed E-state index contributed by atoms with van der Waals surface area (Å²) in [6.45, 7) is 0. The van der Waals surface area contributed by atoms with E-state index in [1.54, 1.807) is 20.3 Å². The molecule has 0 saturated heterocycles. The molecule has 0 aliphatic heterocycles. The SMILES string of the molecule is CNc1ncc(-c2ccccc2)c(=O)n1C. The lowest BCUT2D eigenvalue weighted by molar-refractivity contribution is 0.837. The topological polar surface area (TPSA) is 46.9 Å². The molecule has 1 heterocycles. The first-order valence-corrected chi connectivity index (χ1v) is 5.03. The fraction of sp³-hybridized carbons (Fsp3) is 0.167. The van der Waals surface area contributed by atoms with Crippen LogP contribution in [0, 0.1) is 0 Å². The maximum absolute atomic E-state index is 12.0. The second-order valence-corrected chi connectivity index (χ2v) is 3.48. The predicted molar refractivity (Wildman–Crippen MR) is 64.5 cm³/mol. The zero-order valence-electron chi connectivity index (χ0n) is 9.27. The van der Waals surface area contributed by atoms with Gasteiger partial charge in [-0.3, -0.25) is 9.36 Å². The molecule has 1 aromatic carbocycles. The third kappa shape index (κ3) is 1.69. The van der Waals surface area contributed by atoms with Gasteiger partial charge in [-0.2, -0.15) is 0 Å². The number of rotatable bonds is 2. The second kappa shape index (κ2) is 4.18. The van der Waals surface area contributed by atoms with Crippen molar-refractivity contribution in [1.29, 1.82) is 0 Å². The molecule has 4 nitrogen and oxygen atoms in total. The van der Waals surface area contributed by atoms with E-state index in [9.17, 15) is 4.79 Å². The Bertz CT molecular complexity index is 546. The first-order valence-electron chi connectivity index (χ1n) is 5.03. The van der Waals surface area contributed by atoms with Gasteiger partial charge in [0.2, 0.25) is 5.95 Å². The standard InChI is InChI=1S/C12H13N3O/c1-13-12-14-8-10(11(16)15(12)2)9-6-4-3-5-7-9/h3-8H,1-2H3,(H,13,14). The molecule has 1 aromatic heterocycles. The Balaban J connectivity index is 2.61. The lowest BCUT2D eigenvalue weighted by Gasteiger charge is -2.08. The van der Waals surface area contributed by atoms with Crippen LogP contribution in [0.4, 0.5) is 5.95 Å². The van der Waals surface area contributed by atoms with Crippen molar-refractivity contribution in [3.63, 3.8) is 0 Å². The maximum Gasteiger partial charge on any atom is 0.262 e. The quantitative estimate of drug-likeness (QED) is 0.825. The number of nitrogens with zero attached hydrogens (tertiary/aromatic N) is 2. The molecule has 0 saturated carbocycles. The molecule has 0 unspecified atom stereocenters. The van der Waals surface area contributed by atoms with Crippen LogP contribution in [0.25, 0.3) is 11.1 Å². The second-order valence-electron chi connectivity index (χ2n) is 3.48. The van der Waals surface area contributed by atoms with Gasteiger partial charge in [-0.25, -0.2) is 4.98 Å². The highest BCUT2D eigenvalue weighted by Crippen LogP contribution is 2.14. The van der Waals surface area contributed by atoms with Crippen LogP contribution in [0.3, 0.4) is 0 Å². The number of hydrogen-bond acceptors (Lipinski definition) is 3. The van der Waals surface area contributed by atoms with Crippen LogP contribution in [0.5, 0.6) is 0 Å². The van der Waals surface area contributed by atoms with E-state index in [0.29, 0.717) is 11.5 Å². The Morgan fingerprint density at radius 2 is 1.94 bits per heavy atom. The van der Waals surface area contributed by atoms with Gasteiger partial charge < -0.3 is 5.32 Å². The number of nitrogens with one attached hydrogen (secondary N) is 1. The van der Waals surface area contributed by atoms with E-state index < -0.39 is 0 Å². The molecule has 0 spiro atoms. The van der Waals surface area contributed by atoms with Gasteiger partial charge >= 0.3 is 0 Å². The number of aromatic nitrogens is 2. The van der Waals surface area contributed by atoms with Gasteiger partial charge in [0, 0.05) is 20.3 Å². The van der Waals surface area contributed by atoms with E-state index in [4.69, 9.17) is 0 Å². The van der Waals surface area contributed by atoms with E-state index in [1.165, 1.54) is 4.57 Å². The Morgan fingerprint density at radius 3 is 2.56 bits per heavy atom. The number of benzene rings is 1. The molecule has 0 aliphatic rings. The summed E-state index contributed by atoms with van der Waals surface area (Å²) in [6, 6.07) is 9.53. The average Bonchev–Trinajstić information content (AvgIpc) is 2.34. The van der Waals surface area contributed by atoms with Crippen LogP contribution < -0.4 is 10.9 Å². The zero-order valence-corrected chi connectivity index (χ0v) is 9.27. The Labute approximate surface area is 93.6 Å². The largest absolute Gasteiger partial charge is 0.359 e. The van der Waals surface area contributed by atoms with Crippen LogP contribution >= 0.6 is 0 Å². The Morgan fingerprint density at radius 1 is 1.25 bits per heavy atom. The fourth-order valence-corrected chi connectivity index (χ4v) is 1.59. The molecule has 0 atom stereocenters. The van der Waals surface area contributed by atoms with E-state index in [-0.39, 0.29) is 5.56 Å². The van der Waals surface area contributed by atoms with E-state index in [2.05, 4.69) is 10.3 Å². The Kier molecular flexibility index (Phi) is 2.72. The molecular weight excluding hydrogens is 202 g/mol. The highest BCUT2D eigenvalue weighted by Gasteiger charge is 2.07. The van der Waals surface area contributed by atoms with Crippen LogP contribution in [-0.2, 0) is 7.05 Å². The van der Waals surface area contributed by atoms with Gasteiger partial charge in [-0.05, 0) is 5.56 Å². The normalized spacial score (nSPS) is 10.1. The molecule has 0 radical (unpaired) electrons. The summed E-state index contributed by atoms with van der Waals surface area (Å²) in [5.74, 6) is 0.560. The summed E-state index contributed by atoms with van der Waals surface area (Å²) in [5, 5.41) is 2.87. The van der Waals surface area contributed by atoms with Crippen molar-refractivity contribution in [2.75, 3.05) is 12.4 Å². The van der Waals surface area contributed by atoms with Crippen molar-refractivity contribution in [2.24, 2.45) is 7.05 Å². The summed E-state index contributed by atoms with van der Waals surface area (Å²) in [6.07, 6.45) is 1.60. The van der Waals surface area contributed by atoms with Crippen molar-refractivity contribution in [3.8, 4) is 11.1 Å². The van der Waals surface area contributed by atoms with Gasteiger partial charge in [0.25, 0.3) is 5.56 Å². The highest BCUT2D eigenvalue weighted by molar-refractivity contribution is 5.61. The summed E-state index contributed by atoms with van der Waals surface area (Å²) < 4.78 is 1.50. The number of hydrogen-bond donors (Lipinski definition) is 1. The molecule has 0 amide bonds. The summed E-state index contributed by atoms with van der Waals surface area (Å²) in [7, 11) is 3.44. The van der Waals surface area contributed by atoms with Gasteiger partial charge in [0.1, 0.15) is 0 Å². The summed E-state index contributed by atoms with van der Waals surface area (Å²) in [4.78, 5) is 16.2. The lowest BCUT2D eigenvalue weighted by Crippen LogP contribution is -2.22. The smallest absolute Gasteiger partial charge is 0.262 e. The third-order valence-corrected chi connectivity index (χ3v) is 2.48. The molecule has 1 N–H and O–H groups in total. The molecule has 82 valence electrons. The van der Waals surface area contributed by atoms with Crippen molar-refractivity contribution < 1.29 is 0 Å². The van der Waals surface area contributed by atoms with Crippen molar-refractivity contribution in [2.45, 2.75) is 0 Å². The molecule has 0 fully saturated rings. The average molecular weight is 215 g/mol. The molecule has 4 heteroatoms. The van der Waals surface area contributed by atoms with E-state index >= 15 is 0 Å². The van der Waals surface area contributed by atoms with E-state index in [0.717, 1.165) is 5.56 Å². The van der Waals surface area contributed by atoms with Crippen molar-refractivity contribution >= 4 is 5.95 Å². The molecular formula is C12H13N3O. The van der Waals surface area contributed by atoms with Crippen LogP contribution in [0.1, 0.15) is 0 Å². The summed E-state index contributed by atoms with van der Waals surface area (Å²) in [5.41, 5.74) is 1.45. The minimum absolute atomic E-state index is 0.0504. The maximum atomic E-state index is 12.0. The Hall–Kier alpha value is -2.10. The lowest BCUT2D eigenvalue weighted by atomic mass is 10.1. The molecule has 2 aromatic rings. The molecule has 0 bridgehead atoms. The van der Waals surface area contributed by atoms with Gasteiger partial charge in [0.15, 0.2) is 0 Å². The van der Waals surface area contributed by atoms with Crippen LogP contribution in [-0.4, -0.2) is 16.6 Å². The predicted octanol–water partition coefficient (Wildman–Crippen LogP) is 1.49. The minimum Gasteiger partial charge on any atom is -0.359 e. The van der Waals surface area contributed by atoms with Gasteiger partial charge in [0.05, 0.1) is 5.56 Å². The van der Waals surface area contributed by atoms with E-state index in [1.807, 2.05) is 30.3 Å². The van der Waals surface area contributed by atoms with Crippen molar-refractivity contribution in [1.82, 2.24) is 9.55 Å². The van der Waals surface area contributed by atoms with Gasteiger partial charge in [-0.1, -0.05) is 30.3 Å². The first kappa shape index (κ1) is 10.4. The monoisotopic (exact) mass is 215 g/mol. The third-order valence-electron chi connectivity index (χ3n) is 2.48. The molecule has 16 heavy (non-hydrogen) atoms.